The van der Waals surface area contributed by atoms with Gasteiger partial charge in [0, 0.05) is 18.0 Å². The van der Waals surface area contributed by atoms with E-state index in [1.807, 2.05) is 16.7 Å². The highest BCUT2D eigenvalue weighted by Gasteiger charge is 2.08. The van der Waals surface area contributed by atoms with Crippen molar-refractivity contribution < 1.29 is 4.39 Å². The molecule has 3 nitrogen and oxygen atoms in total. The van der Waals surface area contributed by atoms with Gasteiger partial charge in [0.15, 0.2) is 5.65 Å². The van der Waals surface area contributed by atoms with Crippen LogP contribution >= 0.6 is 11.6 Å². The van der Waals surface area contributed by atoms with Crippen LogP contribution in [0.5, 0.6) is 0 Å². The van der Waals surface area contributed by atoms with Gasteiger partial charge in [0.1, 0.15) is 0 Å². The molecule has 84 valence electrons. The molecular formula is C12H7ClFN3. The summed E-state index contributed by atoms with van der Waals surface area (Å²) in [7, 11) is 0. The number of nitrogens with zero attached hydrogens (tertiary/aromatic N) is 3. The number of pyridine rings is 2. The first-order chi connectivity index (χ1) is 8.25. The largest absolute Gasteiger partial charge is 0.298 e. The summed E-state index contributed by atoms with van der Waals surface area (Å²) in [4.78, 5) is 7.85. The smallest absolute Gasteiger partial charge is 0.212 e. The minimum Gasteiger partial charge on any atom is -0.298 e. The van der Waals surface area contributed by atoms with Gasteiger partial charge < -0.3 is 0 Å². The summed E-state index contributed by atoms with van der Waals surface area (Å²) < 4.78 is 14.6. The maximum absolute atomic E-state index is 12.8. The van der Waals surface area contributed by atoms with Crippen molar-refractivity contribution in [2.24, 2.45) is 0 Å². The second kappa shape index (κ2) is 3.82. The van der Waals surface area contributed by atoms with Gasteiger partial charge >= 0.3 is 0 Å². The van der Waals surface area contributed by atoms with E-state index >= 15 is 0 Å². The fourth-order valence-electron chi connectivity index (χ4n) is 1.72. The highest BCUT2D eigenvalue weighted by atomic mass is 35.5. The lowest BCUT2D eigenvalue weighted by Gasteiger charge is -2.01. The molecule has 0 saturated heterocycles. The maximum atomic E-state index is 12.8. The van der Waals surface area contributed by atoms with Crippen molar-refractivity contribution in [2.75, 3.05) is 0 Å². The van der Waals surface area contributed by atoms with Gasteiger partial charge in [0.2, 0.25) is 5.95 Å². The third kappa shape index (κ3) is 1.66. The van der Waals surface area contributed by atoms with Gasteiger partial charge in [0.05, 0.1) is 16.9 Å². The molecule has 0 spiro atoms. The Balaban J connectivity index is 2.24. The van der Waals surface area contributed by atoms with E-state index in [1.165, 1.54) is 12.3 Å². The normalized spacial score (nSPS) is 10.9. The number of aromatic nitrogens is 3. The van der Waals surface area contributed by atoms with Gasteiger partial charge in [-0.1, -0.05) is 11.6 Å². The van der Waals surface area contributed by atoms with Crippen molar-refractivity contribution in [1.29, 1.82) is 0 Å². The average molecular weight is 248 g/mol. The molecule has 0 fully saturated rings. The summed E-state index contributed by atoms with van der Waals surface area (Å²) in [5.74, 6) is -0.499. The molecule has 0 radical (unpaired) electrons. The maximum Gasteiger partial charge on any atom is 0.212 e. The summed E-state index contributed by atoms with van der Waals surface area (Å²) in [6.07, 6.45) is 5.02. The van der Waals surface area contributed by atoms with Crippen molar-refractivity contribution >= 4 is 17.2 Å². The number of hydrogen-bond acceptors (Lipinski definition) is 2. The Labute approximate surface area is 102 Å². The molecule has 0 saturated carbocycles. The molecular weight excluding hydrogens is 241 g/mol. The zero-order chi connectivity index (χ0) is 11.8. The van der Waals surface area contributed by atoms with Crippen LogP contribution in [0, 0.1) is 5.95 Å². The molecule has 0 N–H and O–H groups in total. The Morgan fingerprint density at radius 1 is 1.12 bits per heavy atom. The lowest BCUT2D eigenvalue weighted by molar-refractivity contribution is 0.584. The summed E-state index contributed by atoms with van der Waals surface area (Å²) in [5.41, 5.74) is 2.30. The average Bonchev–Trinajstić information content (AvgIpc) is 2.75. The zero-order valence-electron chi connectivity index (χ0n) is 8.64. The minimum absolute atomic E-state index is 0.499. The Bertz CT molecular complexity index is 676. The lowest BCUT2D eigenvalue weighted by atomic mass is 10.2. The minimum atomic E-state index is -0.499. The van der Waals surface area contributed by atoms with Crippen LogP contribution in [0.15, 0.2) is 42.9 Å². The molecule has 0 aliphatic rings. The van der Waals surface area contributed by atoms with E-state index in [0.29, 0.717) is 10.7 Å². The molecule has 0 aromatic carbocycles. The van der Waals surface area contributed by atoms with Gasteiger partial charge in [-0.2, -0.15) is 4.39 Å². The molecule has 17 heavy (non-hydrogen) atoms. The Kier molecular flexibility index (Phi) is 2.30. The molecule has 0 amide bonds. The van der Waals surface area contributed by atoms with E-state index < -0.39 is 5.95 Å². The van der Waals surface area contributed by atoms with E-state index in [1.54, 1.807) is 18.3 Å². The van der Waals surface area contributed by atoms with Gasteiger partial charge in [-0.25, -0.2) is 9.97 Å². The highest BCUT2D eigenvalue weighted by molar-refractivity contribution is 6.33. The first-order valence-corrected chi connectivity index (χ1v) is 5.37. The van der Waals surface area contributed by atoms with Crippen molar-refractivity contribution in [2.45, 2.75) is 0 Å². The van der Waals surface area contributed by atoms with Crippen LogP contribution in [0.2, 0.25) is 5.02 Å². The number of hydrogen-bond donors (Lipinski definition) is 0. The molecule has 0 atom stereocenters. The predicted molar refractivity (Wildman–Crippen MR) is 63.4 cm³/mol. The van der Waals surface area contributed by atoms with Gasteiger partial charge in [0.25, 0.3) is 0 Å². The molecule has 0 aliphatic carbocycles. The fraction of sp³-hybridized carbons (Fsp3) is 0. The van der Waals surface area contributed by atoms with Crippen molar-refractivity contribution in [3.63, 3.8) is 0 Å². The monoisotopic (exact) mass is 247 g/mol. The third-order valence-corrected chi connectivity index (χ3v) is 2.81. The van der Waals surface area contributed by atoms with E-state index in [2.05, 4.69) is 9.97 Å². The second-order valence-electron chi connectivity index (χ2n) is 3.56. The van der Waals surface area contributed by atoms with E-state index in [0.717, 1.165) is 11.3 Å². The van der Waals surface area contributed by atoms with Crippen LogP contribution in [-0.2, 0) is 0 Å². The Hall–Kier alpha value is -1.94. The predicted octanol–water partition coefficient (Wildman–Crippen LogP) is 3.19. The van der Waals surface area contributed by atoms with Crippen LogP contribution in [0.1, 0.15) is 0 Å². The fourth-order valence-corrected chi connectivity index (χ4v) is 1.93. The third-order valence-electron chi connectivity index (χ3n) is 2.51. The standard InChI is InChI=1S/C12H7ClFN3/c13-9-2-1-5-17-10(7-16-12(9)17)8-3-4-11(14)15-6-8/h1-7H. The van der Waals surface area contributed by atoms with Gasteiger partial charge in [-0.15, -0.1) is 0 Å². The summed E-state index contributed by atoms with van der Waals surface area (Å²) >= 11 is 6.02. The molecule has 3 rings (SSSR count). The van der Waals surface area contributed by atoms with Crippen LogP contribution in [0.3, 0.4) is 0 Å². The van der Waals surface area contributed by atoms with Crippen LogP contribution in [0.4, 0.5) is 4.39 Å². The number of halogens is 2. The summed E-state index contributed by atoms with van der Waals surface area (Å²) in [6, 6.07) is 6.58. The highest BCUT2D eigenvalue weighted by Crippen LogP contribution is 2.23. The van der Waals surface area contributed by atoms with Gasteiger partial charge in [-0.05, 0) is 24.3 Å². The lowest BCUT2D eigenvalue weighted by Crippen LogP contribution is -1.89. The number of fused-ring (bicyclic) bond motifs is 1. The molecule has 3 aromatic heterocycles. The summed E-state index contributed by atoms with van der Waals surface area (Å²) in [5, 5.41) is 0.578. The number of imidazole rings is 1. The Morgan fingerprint density at radius 2 is 2.00 bits per heavy atom. The molecule has 0 aliphatic heterocycles. The molecule has 3 aromatic rings. The van der Waals surface area contributed by atoms with Crippen LogP contribution in [0.25, 0.3) is 16.9 Å². The summed E-state index contributed by atoms with van der Waals surface area (Å²) in [6.45, 7) is 0. The van der Waals surface area contributed by atoms with Crippen molar-refractivity contribution in [3.8, 4) is 11.3 Å². The van der Waals surface area contributed by atoms with Crippen molar-refractivity contribution in [1.82, 2.24) is 14.4 Å². The van der Waals surface area contributed by atoms with E-state index in [4.69, 9.17) is 11.6 Å². The molecule has 5 heteroatoms. The quantitative estimate of drug-likeness (QED) is 0.618. The first-order valence-electron chi connectivity index (χ1n) is 4.99. The Morgan fingerprint density at radius 3 is 2.76 bits per heavy atom. The molecule has 0 bridgehead atoms. The van der Waals surface area contributed by atoms with Gasteiger partial charge in [-0.3, -0.25) is 4.40 Å². The van der Waals surface area contributed by atoms with E-state index in [-0.39, 0.29) is 0 Å². The molecule has 3 heterocycles. The second-order valence-corrected chi connectivity index (χ2v) is 3.97. The first kappa shape index (κ1) is 10.2. The van der Waals surface area contributed by atoms with Crippen LogP contribution in [-0.4, -0.2) is 14.4 Å². The SMILES string of the molecule is Fc1ccc(-c2cnc3c(Cl)cccn23)cn1. The number of rotatable bonds is 1. The topological polar surface area (TPSA) is 30.2 Å². The van der Waals surface area contributed by atoms with Crippen molar-refractivity contribution in [3.05, 3.63) is 53.8 Å². The molecule has 0 unspecified atom stereocenters. The van der Waals surface area contributed by atoms with Crippen LogP contribution < -0.4 is 0 Å². The van der Waals surface area contributed by atoms with E-state index in [9.17, 15) is 4.39 Å². The zero-order valence-corrected chi connectivity index (χ0v) is 9.39.